The van der Waals surface area contributed by atoms with Crippen LogP contribution in [0, 0.1) is 6.92 Å². The molecular weight excluding hydrogens is 287 g/mol. The van der Waals surface area contributed by atoms with Crippen LogP contribution in [0.5, 0.6) is 0 Å². The summed E-state index contributed by atoms with van der Waals surface area (Å²) < 4.78 is 6.81. The Hall–Kier alpha value is -1.26. The summed E-state index contributed by atoms with van der Waals surface area (Å²) in [4.78, 5) is 16.2. The van der Waals surface area contributed by atoms with E-state index in [1.54, 1.807) is 19.1 Å². The molecule has 0 aliphatic carbocycles. The van der Waals surface area contributed by atoms with Crippen LogP contribution >= 0.6 is 23.2 Å². The number of aromatic nitrogens is 2. The van der Waals surface area contributed by atoms with Gasteiger partial charge in [0.25, 0.3) is 0 Å². The van der Waals surface area contributed by atoms with Gasteiger partial charge in [0.05, 0.1) is 5.52 Å². The first-order valence-corrected chi connectivity index (χ1v) is 6.52. The number of ether oxygens (including phenoxy) is 1. The molecule has 0 unspecified atom stereocenters. The Labute approximate surface area is 121 Å². The highest BCUT2D eigenvalue weighted by atomic mass is 35.5. The summed E-state index contributed by atoms with van der Waals surface area (Å²) in [7, 11) is 0. The topological polar surface area (TPSA) is 44.1 Å². The number of aryl methyl sites for hydroxylation is 1. The second kappa shape index (κ2) is 4.69. The minimum Gasteiger partial charge on any atom is -0.443 e. The quantitative estimate of drug-likeness (QED) is 0.676. The third-order valence-electron chi connectivity index (χ3n) is 2.48. The molecule has 0 aliphatic rings. The van der Waals surface area contributed by atoms with Gasteiger partial charge in [-0.2, -0.15) is 0 Å². The van der Waals surface area contributed by atoms with Crippen molar-refractivity contribution in [1.82, 2.24) is 9.55 Å². The van der Waals surface area contributed by atoms with E-state index < -0.39 is 11.7 Å². The highest BCUT2D eigenvalue weighted by Crippen LogP contribution is 2.28. The molecule has 19 heavy (non-hydrogen) atoms. The number of rotatable bonds is 0. The summed E-state index contributed by atoms with van der Waals surface area (Å²) >= 11 is 11.9. The lowest BCUT2D eigenvalue weighted by molar-refractivity contribution is 0.0542. The number of halogens is 2. The van der Waals surface area contributed by atoms with E-state index in [2.05, 4.69) is 4.98 Å². The van der Waals surface area contributed by atoms with Crippen LogP contribution in [0.2, 0.25) is 10.3 Å². The lowest BCUT2D eigenvalue weighted by Gasteiger charge is -2.20. The number of carbonyl (C=O) groups excluding carboxylic acids is 1. The molecule has 0 amide bonds. The number of nitrogens with zero attached hydrogens (tertiary/aromatic N) is 2. The summed E-state index contributed by atoms with van der Waals surface area (Å²) in [5.74, 6) is 0. The van der Waals surface area contributed by atoms with Crippen molar-refractivity contribution in [2.75, 3.05) is 0 Å². The van der Waals surface area contributed by atoms with Gasteiger partial charge < -0.3 is 4.74 Å². The van der Waals surface area contributed by atoms with E-state index >= 15 is 0 Å². The van der Waals surface area contributed by atoms with Gasteiger partial charge in [-0.15, -0.1) is 0 Å². The van der Waals surface area contributed by atoms with Crippen molar-refractivity contribution in [3.63, 3.8) is 0 Å². The summed E-state index contributed by atoms with van der Waals surface area (Å²) in [6.07, 6.45) is -0.460. The molecule has 0 aromatic carbocycles. The predicted molar refractivity (Wildman–Crippen MR) is 76.1 cm³/mol. The van der Waals surface area contributed by atoms with Crippen LogP contribution in [0.4, 0.5) is 4.79 Å². The van der Waals surface area contributed by atoms with Gasteiger partial charge in [0.15, 0.2) is 0 Å². The Morgan fingerprint density at radius 3 is 2.53 bits per heavy atom. The molecule has 0 fully saturated rings. The first kappa shape index (κ1) is 14.2. The number of pyridine rings is 1. The van der Waals surface area contributed by atoms with Crippen LogP contribution in [0.25, 0.3) is 10.9 Å². The van der Waals surface area contributed by atoms with Gasteiger partial charge in [-0.3, -0.25) is 0 Å². The van der Waals surface area contributed by atoms with Crippen molar-refractivity contribution in [2.24, 2.45) is 0 Å². The van der Waals surface area contributed by atoms with Gasteiger partial charge in [0.2, 0.25) is 0 Å². The van der Waals surface area contributed by atoms with Gasteiger partial charge in [-0.1, -0.05) is 23.2 Å². The third kappa shape index (κ3) is 2.85. The van der Waals surface area contributed by atoms with Gasteiger partial charge in [0, 0.05) is 17.1 Å². The molecule has 0 aliphatic heterocycles. The number of hydrogen-bond donors (Lipinski definition) is 0. The molecule has 2 aromatic rings. The molecule has 0 spiro atoms. The highest BCUT2D eigenvalue weighted by Gasteiger charge is 2.22. The van der Waals surface area contributed by atoms with E-state index in [9.17, 15) is 4.79 Å². The monoisotopic (exact) mass is 300 g/mol. The van der Waals surface area contributed by atoms with Crippen molar-refractivity contribution in [1.29, 1.82) is 0 Å². The van der Waals surface area contributed by atoms with E-state index in [-0.39, 0.29) is 10.3 Å². The molecule has 0 atom stereocenters. The largest absolute Gasteiger partial charge is 0.443 e. The van der Waals surface area contributed by atoms with E-state index in [0.717, 1.165) is 5.69 Å². The highest BCUT2D eigenvalue weighted by molar-refractivity contribution is 6.36. The van der Waals surface area contributed by atoms with Crippen LogP contribution in [0.1, 0.15) is 26.5 Å². The summed E-state index contributed by atoms with van der Waals surface area (Å²) in [6.45, 7) is 7.24. The van der Waals surface area contributed by atoms with Crippen LogP contribution in [-0.4, -0.2) is 21.2 Å². The fourth-order valence-electron chi connectivity index (χ4n) is 1.81. The van der Waals surface area contributed by atoms with Crippen molar-refractivity contribution < 1.29 is 9.53 Å². The summed E-state index contributed by atoms with van der Waals surface area (Å²) in [6, 6.07) is 3.38. The minimum absolute atomic E-state index is 0.236. The van der Waals surface area contributed by atoms with E-state index in [0.29, 0.717) is 10.9 Å². The lowest BCUT2D eigenvalue weighted by Crippen LogP contribution is -2.27. The average Bonchev–Trinajstić information content (AvgIpc) is 2.52. The lowest BCUT2D eigenvalue weighted by atomic mass is 10.2. The molecule has 2 heterocycles. The molecular formula is C13H14Cl2N2O2. The molecule has 0 saturated heterocycles. The Bertz CT molecular complexity index is 657. The number of fused-ring (bicyclic) bond motifs is 1. The Balaban J connectivity index is 2.60. The Morgan fingerprint density at radius 2 is 1.95 bits per heavy atom. The molecule has 0 bridgehead atoms. The van der Waals surface area contributed by atoms with Crippen molar-refractivity contribution >= 4 is 40.2 Å². The fourth-order valence-corrected chi connectivity index (χ4v) is 2.29. The number of carbonyl (C=O) groups is 1. The van der Waals surface area contributed by atoms with Crippen LogP contribution in [-0.2, 0) is 4.74 Å². The molecule has 2 rings (SSSR count). The number of hydrogen-bond acceptors (Lipinski definition) is 3. The Kier molecular flexibility index (Phi) is 3.49. The van der Waals surface area contributed by atoms with Crippen molar-refractivity contribution in [3.05, 3.63) is 28.1 Å². The zero-order valence-corrected chi connectivity index (χ0v) is 12.6. The first-order valence-electron chi connectivity index (χ1n) is 5.76. The zero-order chi connectivity index (χ0) is 14.4. The fraction of sp³-hybridized carbons (Fsp3) is 0.385. The predicted octanol–water partition coefficient (Wildman–Crippen LogP) is 4.43. The van der Waals surface area contributed by atoms with Crippen LogP contribution in [0.3, 0.4) is 0 Å². The van der Waals surface area contributed by atoms with Crippen LogP contribution in [0.15, 0.2) is 12.1 Å². The van der Waals surface area contributed by atoms with E-state index in [4.69, 9.17) is 27.9 Å². The molecule has 2 aromatic heterocycles. The van der Waals surface area contributed by atoms with Crippen molar-refractivity contribution in [2.45, 2.75) is 33.3 Å². The maximum atomic E-state index is 12.2. The SMILES string of the molecule is Cc1cc2c(Cl)nc(Cl)cc2n1C(=O)OC(C)(C)C. The third-order valence-corrected chi connectivity index (χ3v) is 2.96. The summed E-state index contributed by atoms with van der Waals surface area (Å²) in [5, 5.41) is 1.18. The minimum atomic E-state index is -0.569. The second-order valence-corrected chi connectivity index (χ2v) is 6.02. The molecule has 0 N–H and O–H groups in total. The van der Waals surface area contributed by atoms with Gasteiger partial charge in [-0.25, -0.2) is 14.3 Å². The van der Waals surface area contributed by atoms with Crippen molar-refractivity contribution in [3.8, 4) is 0 Å². The van der Waals surface area contributed by atoms with Gasteiger partial charge >= 0.3 is 6.09 Å². The van der Waals surface area contributed by atoms with Gasteiger partial charge in [-0.05, 0) is 33.8 Å². The average molecular weight is 301 g/mol. The maximum absolute atomic E-state index is 12.2. The molecule has 0 radical (unpaired) electrons. The molecule has 0 saturated carbocycles. The standard InChI is InChI=1S/C13H14Cl2N2O2/c1-7-5-8-9(6-10(14)16-11(8)15)17(7)12(18)19-13(2,3)4/h5-6H,1-4H3. The molecule has 4 nitrogen and oxygen atoms in total. The Morgan fingerprint density at radius 1 is 1.32 bits per heavy atom. The van der Waals surface area contributed by atoms with E-state index in [1.807, 2.05) is 20.8 Å². The van der Waals surface area contributed by atoms with E-state index in [1.165, 1.54) is 4.57 Å². The maximum Gasteiger partial charge on any atom is 0.419 e. The first-order chi connectivity index (χ1) is 8.69. The smallest absolute Gasteiger partial charge is 0.419 e. The molecule has 6 heteroatoms. The van der Waals surface area contributed by atoms with Crippen LogP contribution < -0.4 is 0 Å². The zero-order valence-electron chi connectivity index (χ0n) is 11.1. The second-order valence-electron chi connectivity index (χ2n) is 5.27. The molecule has 102 valence electrons. The summed E-state index contributed by atoms with van der Waals surface area (Å²) in [5.41, 5.74) is 0.743. The normalized spacial score (nSPS) is 11.9. The van der Waals surface area contributed by atoms with Gasteiger partial charge in [0.1, 0.15) is 15.9 Å².